The lowest BCUT2D eigenvalue weighted by Crippen LogP contribution is -1.87. The van der Waals surface area contributed by atoms with E-state index < -0.39 is 0 Å². The Kier molecular flexibility index (Phi) is 3.86. The molecule has 4 heteroatoms. The molecule has 7 aromatic rings. The van der Waals surface area contributed by atoms with Gasteiger partial charge in [0, 0.05) is 43.6 Å². The van der Waals surface area contributed by atoms with Crippen molar-refractivity contribution >= 4 is 65.4 Å². The maximum atomic E-state index is 10.3. The zero-order valence-corrected chi connectivity index (χ0v) is 19.2. The molecule has 0 radical (unpaired) electrons. The van der Waals surface area contributed by atoms with E-state index in [-0.39, 0.29) is 6.61 Å². The Balaban J connectivity index is 1.72. The van der Waals surface area contributed by atoms with Crippen LogP contribution in [0.1, 0.15) is 16.7 Å². The van der Waals surface area contributed by atoms with Crippen molar-refractivity contribution in [2.45, 2.75) is 20.5 Å². The van der Waals surface area contributed by atoms with Crippen LogP contribution in [0.2, 0.25) is 0 Å². The van der Waals surface area contributed by atoms with Crippen molar-refractivity contribution in [3.63, 3.8) is 0 Å². The van der Waals surface area contributed by atoms with E-state index in [9.17, 15) is 5.11 Å². The monoisotopic (exact) mass is 446 g/mol. The molecule has 0 fully saturated rings. The Morgan fingerprint density at radius 2 is 1.21 bits per heavy atom. The van der Waals surface area contributed by atoms with Gasteiger partial charge in [0.15, 0.2) is 11.3 Å². The Bertz CT molecular complexity index is 1810. The maximum Gasteiger partial charge on any atom is 0.177 e. The van der Waals surface area contributed by atoms with Gasteiger partial charge in [0.05, 0.1) is 13.7 Å². The predicted molar refractivity (Wildman–Crippen MR) is 138 cm³/mol. The molecular weight excluding hydrogens is 424 g/mol. The highest BCUT2D eigenvalue weighted by atomic mass is 16.5. The second-order valence-electron chi connectivity index (χ2n) is 8.98. The van der Waals surface area contributed by atoms with Gasteiger partial charge in [-0.05, 0) is 42.1 Å². The molecule has 0 aliphatic carbocycles. The highest BCUT2D eigenvalue weighted by Gasteiger charge is 2.24. The summed E-state index contributed by atoms with van der Waals surface area (Å²) in [6.07, 6.45) is 0. The van der Waals surface area contributed by atoms with Gasteiger partial charge >= 0.3 is 0 Å². The fourth-order valence-electron chi connectivity index (χ4n) is 5.70. The van der Waals surface area contributed by atoms with E-state index in [2.05, 4.69) is 44.2 Å². The second kappa shape index (κ2) is 6.75. The van der Waals surface area contributed by atoms with E-state index in [1.54, 1.807) is 7.11 Å². The summed E-state index contributed by atoms with van der Waals surface area (Å²) in [6, 6.07) is 20.6. The van der Waals surface area contributed by atoms with Crippen LogP contribution in [-0.4, -0.2) is 12.2 Å². The molecule has 0 spiro atoms. The van der Waals surface area contributed by atoms with Crippen molar-refractivity contribution in [3.8, 4) is 5.75 Å². The fraction of sp³-hybridized carbons (Fsp3) is 0.133. The van der Waals surface area contributed by atoms with Gasteiger partial charge in [0.1, 0.15) is 16.7 Å². The molecule has 0 unspecified atom stereocenters. The van der Waals surface area contributed by atoms with Gasteiger partial charge in [-0.3, -0.25) is 0 Å². The third-order valence-electron chi connectivity index (χ3n) is 7.26. The molecule has 0 aliphatic rings. The van der Waals surface area contributed by atoms with Gasteiger partial charge in [-0.1, -0.05) is 48.5 Å². The molecule has 0 amide bonds. The first kappa shape index (κ1) is 19.4. The summed E-state index contributed by atoms with van der Waals surface area (Å²) in [6.45, 7) is 4.08. The van der Waals surface area contributed by atoms with Gasteiger partial charge in [-0.15, -0.1) is 0 Å². The SMILES string of the molecule is COc1c2ccccc2cc2c1oc1c(C)c3c(oc4c(CO)c5ccccc5cc43)c(C)c12. The number of benzene rings is 5. The van der Waals surface area contributed by atoms with Gasteiger partial charge in [0.25, 0.3) is 0 Å². The summed E-state index contributed by atoms with van der Waals surface area (Å²) >= 11 is 0. The Morgan fingerprint density at radius 3 is 1.82 bits per heavy atom. The molecule has 0 atom stereocenters. The highest BCUT2D eigenvalue weighted by Crippen LogP contribution is 2.47. The van der Waals surface area contributed by atoms with Crippen molar-refractivity contribution in [1.82, 2.24) is 0 Å². The molecule has 1 N–H and O–H groups in total. The highest BCUT2D eigenvalue weighted by molar-refractivity contribution is 6.23. The first-order valence-electron chi connectivity index (χ1n) is 11.4. The molecule has 34 heavy (non-hydrogen) atoms. The van der Waals surface area contributed by atoms with E-state index in [1.165, 1.54) is 0 Å². The topological polar surface area (TPSA) is 55.7 Å². The van der Waals surface area contributed by atoms with Crippen LogP contribution in [0.25, 0.3) is 65.4 Å². The van der Waals surface area contributed by atoms with Gasteiger partial charge in [-0.2, -0.15) is 0 Å². The summed E-state index contributed by atoms with van der Waals surface area (Å²) in [5.41, 5.74) is 6.03. The molecule has 0 aliphatic heterocycles. The zero-order valence-electron chi connectivity index (χ0n) is 19.2. The number of fused-ring (bicyclic) bond motifs is 8. The van der Waals surface area contributed by atoms with Crippen molar-refractivity contribution in [2.24, 2.45) is 0 Å². The fourth-order valence-corrected chi connectivity index (χ4v) is 5.70. The van der Waals surface area contributed by atoms with Crippen LogP contribution in [0.4, 0.5) is 0 Å². The average molecular weight is 447 g/mol. The molecule has 0 bridgehead atoms. The smallest absolute Gasteiger partial charge is 0.177 e. The molecule has 4 nitrogen and oxygen atoms in total. The molecule has 5 aromatic carbocycles. The van der Waals surface area contributed by atoms with Crippen LogP contribution < -0.4 is 4.74 Å². The molecular formula is C30H22O4. The molecule has 2 heterocycles. The van der Waals surface area contributed by atoms with E-state index >= 15 is 0 Å². The van der Waals surface area contributed by atoms with Gasteiger partial charge in [0.2, 0.25) is 0 Å². The predicted octanol–water partition coefficient (Wildman–Crippen LogP) is 7.91. The number of hydrogen-bond acceptors (Lipinski definition) is 4. The quantitative estimate of drug-likeness (QED) is 0.293. The van der Waals surface area contributed by atoms with Gasteiger partial charge in [-0.25, -0.2) is 0 Å². The average Bonchev–Trinajstić information content (AvgIpc) is 3.44. The summed E-state index contributed by atoms with van der Waals surface area (Å²) < 4.78 is 18.9. The molecule has 7 rings (SSSR count). The molecule has 2 aromatic heterocycles. The van der Waals surface area contributed by atoms with Crippen LogP contribution in [0.5, 0.6) is 5.75 Å². The minimum Gasteiger partial charge on any atom is -0.492 e. The third-order valence-corrected chi connectivity index (χ3v) is 7.26. The first-order valence-corrected chi connectivity index (χ1v) is 11.4. The first-order chi connectivity index (χ1) is 16.6. The van der Waals surface area contributed by atoms with Crippen molar-refractivity contribution < 1.29 is 18.7 Å². The van der Waals surface area contributed by atoms with Crippen LogP contribution in [0.15, 0.2) is 69.5 Å². The lowest BCUT2D eigenvalue weighted by atomic mass is 9.96. The number of methoxy groups -OCH3 is 1. The van der Waals surface area contributed by atoms with Crippen LogP contribution in [0.3, 0.4) is 0 Å². The largest absolute Gasteiger partial charge is 0.492 e. The number of ether oxygens (including phenoxy) is 1. The number of aliphatic hydroxyl groups excluding tert-OH is 1. The van der Waals surface area contributed by atoms with Crippen LogP contribution in [-0.2, 0) is 6.61 Å². The summed E-state index contributed by atoms with van der Waals surface area (Å²) in [5.74, 6) is 0.748. The van der Waals surface area contributed by atoms with E-state index in [0.29, 0.717) is 0 Å². The van der Waals surface area contributed by atoms with E-state index in [4.69, 9.17) is 13.6 Å². The number of rotatable bonds is 2. The Labute approximate surface area is 194 Å². The second-order valence-corrected chi connectivity index (χ2v) is 8.98. The molecule has 166 valence electrons. The minimum atomic E-state index is -0.0853. The number of hydrogen-bond donors (Lipinski definition) is 1. The molecule has 0 saturated heterocycles. The summed E-state index contributed by atoms with van der Waals surface area (Å²) in [5, 5.41) is 18.6. The number of aryl methyl sites for hydroxylation is 2. The Hall–Kier alpha value is -4.02. The van der Waals surface area contributed by atoms with Crippen molar-refractivity contribution in [3.05, 3.63) is 77.4 Å². The summed E-state index contributed by atoms with van der Waals surface area (Å²) in [7, 11) is 1.69. The zero-order chi connectivity index (χ0) is 23.1. The third kappa shape index (κ3) is 2.31. The number of furan rings is 2. The number of aliphatic hydroxyl groups is 1. The summed E-state index contributed by atoms with van der Waals surface area (Å²) in [4.78, 5) is 0. The standard InChI is InChI=1S/C30H22O4/c1-15-24-21-12-17-8-4-6-10-19(17)23(14-31)28(21)33-26(24)16(2)25-22-13-18-9-5-7-11-20(18)29(32-3)30(22)34-27(15)25/h4-13,31H,14H2,1-3H3. The van der Waals surface area contributed by atoms with Crippen molar-refractivity contribution in [1.29, 1.82) is 0 Å². The van der Waals surface area contributed by atoms with Crippen molar-refractivity contribution in [2.75, 3.05) is 7.11 Å². The van der Waals surface area contributed by atoms with Crippen LogP contribution >= 0.6 is 0 Å². The van der Waals surface area contributed by atoms with Gasteiger partial charge < -0.3 is 18.7 Å². The lowest BCUT2D eigenvalue weighted by Gasteiger charge is -2.06. The molecule has 0 saturated carbocycles. The van der Waals surface area contributed by atoms with E-state index in [1.807, 2.05) is 30.3 Å². The normalized spacial score (nSPS) is 12.2. The Morgan fingerprint density at radius 1 is 0.676 bits per heavy atom. The minimum absolute atomic E-state index is 0.0853. The van der Waals surface area contributed by atoms with Crippen LogP contribution in [0, 0.1) is 13.8 Å². The lowest BCUT2D eigenvalue weighted by molar-refractivity contribution is 0.283. The van der Waals surface area contributed by atoms with E-state index in [0.717, 1.165) is 87.9 Å². The maximum absolute atomic E-state index is 10.3.